The van der Waals surface area contributed by atoms with E-state index in [2.05, 4.69) is 20.8 Å². The Kier molecular flexibility index (Phi) is 6.80. The minimum Gasteiger partial charge on any atom is -0.378 e. The lowest BCUT2D eigenvalue weighted by molar-refractivity contribution is -0.119. The zero-order valence-corrected chi connectivity index (χ0v) is 16.4. The van der Waals surface area contributed by atoms with Crippen molar-refractivity contribution in [3.05, 3.63) is 35.1 Å². The van der Waals surface area contributed by atoms with Gasteiger partial charge in [0.25, 0.3) is 0 Å². The van der Waals surface area contributed by atoms with Crippen LogP contribution in [0.5, 0.6) is 0 Å². The summed E-state index contributed by atoms with van der Waals surface area (Å²) in [6.45, 7) is 0.556. The largest absolute Gasteiger partial charge is 0.378 e. The number of nitrogens with one attached hydrogen (secondary N) is 2. The number of halogens is 1. The summed E-state index contributed by atoms with van der Waals surface area (Å²) in [7, 11) is 1.92. The fourth-order valence-electron chi connectivity index (χ4n) is 3.02. The summed E-state index contributed by atoms with van der Waals surface area (Å²) in [5.74, 6) is 1.26. The summed E-state index contributed by atoms with van der Waals surface area (Å²) >= 11 is 7.31. The van der Waals surface area contributed by atoms with Crippen LogP contribution in [0.1, 0.15) is 37.9 Å². The number of hydrogen-bond acceptors (Lipinski definition) is 5. The fraction of sp³-hybridized carbons (Fsp3) is 0.500. The van der Waals surface area contributed by atoms with Crippen molar-refractivity contribution in [3.8, 4) is 0 Å². The number of aromatic nitrogens is 3. The Balaban J connectivity index is 1.47. The molecular formula is C18H24ClN5OS. The van der Waals surface area contributed by atoms with Gasteiger partial charge in [-0.1, -0.05) is 42.6 Å². The van der Waals surface area contributed by atoms with Crippen LogP contribution in [0.15, 0.2) is 29.4 Å². The molecule has 0 unspecified atom stereocenters. The Morgan fingerprint density at radius 2 is 1.96 bits per heavy atom. The van der Waals surface area contributed by atoms with Gasteiger partial charge in [-0.2, -0.15) is 0 Å². The summed E-state index contributed by atoms with van der Waals surface area (Å²) in [5.41, 5.74) is 0.971. The number of amides is 1. The minimum atomic E-state index is 0.0748. The Labute approximate surface area is 163 Å². The van der Waals surface area contributed by atoms with E-state index < -0.39 is 0 Å². The molecule has 1 fully saturated rings. The molecule has 140 valence electrons. The fourth-order valence-corrected chi connectivity index (χ4v) is 3.89. The lowest BCUT2D eigenvalue weighted by atomic mass is 9.95. The molecule has 0 spiro atoms. The quantitative estimate of drug-likeness (QED) is 0.703. The van der Waals surface area contributed by atoms with Crippen LogP contribution in [0, 0.1) is 0 Å². The number of anilines is 1. The first-order valence-electron chi connectivity index (χ1n) is 8.91. The number of nitrogens with zero attached hydrogens (tertiary/aromatic N) is 3. The van der Waals surface area contributed by atoms with E-state index in [9.17, 15) is 4.79 Å². The number of hydrogen-bond donors (Lipinski definition) is 2. The van der Waals surface area contributed by atoms with Crippen molar-refractivity contribution in [2.75, 3.05) is 11.1 Å². The van der Waals surface area contributed by atoms with Crippen molar-refractivity contribution in [2.24, 2.45) is 7.05 Å². The van der Waals surface area contributed by atoms with Crippen molar-refractivity contribution < 1.29 is 4.79 Å². The van der Waals surface area contributed by atoms with Crippen LogP contribution in [0.4, 0.5) is 5.69 Å². The van der Waals surface area contributed by atoms with E-state index in [0.717, 1.165) is 29.5 Å². The Morgan fingerprint density at radius 1 is 1.23 bits per heavy atom. The van der Waals surface area contributed by atoms with Crippen LogP contribution in [-0.2, 0) is 18.4 Å². The predicted octanol–water partition coefficient (Wildman–Crippen LogP) is 3.62. The standard InChI is InChI=1S/C18H24ClN5OS/c1-24-16(11-20-14-9-7-13(19)8-10-14)22-23-18(24)26-12-17(25)21-15-5-3-2-4-6-15/h7-10,15,20H,2-6,11-12H2,1H3,(H,21,25). The average Bonchev–Trinajstić information content (AvgIpc) is 3.00. The monoisotopic (exact) mass is 393 g/mol. The van der Waals surface area contributed by atoms with E-state index in [-0.39, 0.29) is 5.91 Å². The third kappa shape index (κ3) is 5.38. The van der Waals surface area contributed by atoms with E-state index in [1.54, 1.807) is 0 Å². The molecular weight excluding hydrogens is 370 g/mol. The van der Waals surface area contributed by atoms with Gasteiger partial charge in [0.2, 0.25) is 5.91 Å². The molecule has 1 aliphatic carbocycles. The lowest BCUT2D eigenvalue weighted by Gasteiger charge is -2.22. The molecule has 1 heterocycles. The molecule has 1 amide bonds. The second-order valence-corrected chi connectivity index (χ2v) is 7.89. The maximum absolute atomic E-state index is 12.1. The first-order valence-corrected chi connectivity index (χ1v) is 10.3. The molecule has 0 radical (unpaired) electrons. The highest BCUT2D eigenvalue weighted by Crippen LogP contribution is 2.19. The third-order valence-corrected chi connectivity index (χ3v) is 5.79. The summed E-state index contributed by atoms with van der Waals surface area (Å²) in [6.07, 6.45) is 5.91. The third-order valence-electron chi connectivity index (χ3n) is 4.52. The van der Waals surface area contributed by atoms with Gasteiger partial charge in [-0.05, 0) is 37.1 Å². The van der Waals surface area contributed by atoms with E-state index >= 15 is 0 Å². The predicted molar refractivity (Wildman–Crippen MR) is 106 cm³/mol. The lowest BCUT2D eigenvalue weighted by Crippen LogP contribution is -2.37. The number of benzene rings is 1. The van der Waals surface area contributed by atoms with Crippen LogP contribution < -0.4 is 10.6 Å². The van der Waals surface area contributed by atoms with Crippen molar-refractivity contribution in [1.29, 1.82) is 0 Å². The number of carbonyl (C=O) groups excluding carboxylic acids is 1. The maximum atomic E-state index is 12.1. The van der Waals surface area contributed by atoms with Crippen LogP contribution in [0.25, 0.3) is 0 Å². The molecule has 3 rings (SSSR count). The van der Waals surface area contributed by atoms with Gasteiger partial charge in [0.15, 0.2) is 11.0 Å². The molecule has 6 nitrogen and oxygen atoms in total. The first kappa shape index (κ1) is 19.0. The maximum Gasteiger partial charge on any atom is 0.230 e. The van der Waals surface area contributed by atoms with Crippen LogP contribution in [0.2, 0.25) is 5.02 Å². The molecule has 0 saturated heterocycles. The molecule has 0 atom stereocenters. The van der Waals surface area contributed by atoms with Gasteiger partial charge in [-0.15, -0.1) is 10.2 Å². The molecule has 2 N–H and O–H groups in total. The Hall–Kier alpha value is -1.73. The van der Waals surface area contributed by atoms with Crippen LogP contribution >= 0.6 is 23.4 Å². The Morgan fingerprint density at radius 3 is 2.69 bits per heavy atom. The van der Waals surface area contributed by atoms with Gasteiger partial charge >= 0.3 is 0 Å². The van der Waals surface area contributed by atoms with Crippen molar-refractivity contribution in [3.63, 3.8) is 0 Å². The zero-order valence-electron chi connectivity index (χ0n) is 14.9. The topological polar surface area (TPSA) is 71.8 Å². The van der Waals surface area contributed by atoms with Gasteiger partial charge in [-0.25, -0.2) is 0 Å². The molecule has 1 aromatic carbocycles. The van der Waals surface area contributed by atoms with Crippen molar-refractivity contribution >= 4 is 35.0 Å². The number of thioether (sulfide) groups is 1. The number of rotatable bonds is 7. The molecule has 8 heteroatoms. The van der Waals surface area contributed by atoms with Gasteiger partial charge in [0.05, 0.1) is 12.3 Å². The molecule has 0 aliphatic heterocycles. The molecule has 1 aromatic heterocycles. The SMILES string of the molecule is Cn1c(CNc2ccc(Cl)cc2)nnc1SCC(=O)NC1CCCCC1. The van der Waals surface area contributed by atoms with Crippen molar-refractivity contribution in [2.45, 2.75) is 49.8 Å². The zero-order chi connectivity index (χ0) is 18.4. The molecule has 26 heavy (non-hydrogen) atoms. The first-order chi connectivity index (χ1) is 12.6. The summed E-state index contributed by atoms with van der Waals surface area (Å²) in [6, 6.07) is 7.86. The smallest absolute Gasteiger partial charge is 0.230 e. The molecule has 0 bridgehead atoms. The van der Waals surface area contributed by atoms with E-state index in [1.807, 2.05) is 35.9 Å². The van der Waals surface area contributed by atoms with Gasteiger partial charge in [0, 0.05) is 23.8 Å². The average molecular weight is 394 g/mol. The normalized spacial score (nSPS) is 15.0. The second-order valence-electron chi connectivity index (χ2n) is 6.51. The highest BCUT2D eigenvalue weighted by Gasteiger charge is 2.17. The van der Waals surface area contributed by atoms with Gasteiger partial charge < -0.3 is 15.2 Å². The highest BCUT2D eigenvalue weighted by atomic mass is 35.5. The van der Waals surface area contributed by atoms with Crippen LogP contribution in [-0.4, -0.2) is 32.5 Å². The number of carbonyl (C=O) groups is 1. The summed E-state index contributed by atoms with van der Waals surface area (Å²) in [5, 5.41) is 16.3. The highest BCUT2D eigenvalue weighted by molar-refractivity contribution is 7.99. The molecule has 1 aliphatic rings. The second kappa shape index (κ2) is 9.28. The van der Waals surface area contributed by atoms with Crippen molar-refractivity contribution in [1.82, 2.24) is 20.1 Å². The molecule has 2 aromatic rings. The van der Waals surface area contributed by atoms with E-state index in [4.69, 9.17) is 11.6 Å². The van der Waals surface area contributed by atoms with Gasteiger partial charge in [-0.3, -0.25) is 4.79 Å². The molecule has 1 saturated carbocycles. The minimum absolute atomic E-state index is 0.0748. The van der Waals surface area contributed by atoms with Crippen LogP contribution in [0.3, 0.4) is 0 Å². The van der Waals surface area contributed by atoms with Gasteiger partial charge in [0.1, 0.15) is 0 Å². The summed E-state index contributed by atoms with van der Waals surface area (Å²) in [4.78, 5) is 12.1. The van der Waals surface area contributed by atoms with E-state index in [0.29, 0.717) is 23.4 Å². The Bertz CT molecular complexity index is 728. The summed E-state index contributed by atoms with van der Waals surface area (Å²) < 4.78 is 1.92. The van der Waals surface area contributed by atoms with E-state index in [1.165, 1.54) is 31.0 Å².